The molecule has 6 rings (SSSR count). The quantitative estimate of drug-likeness (QED) is 0.353. The molecule has 184 valence electrons. The van der Waals surface area contributed by atoms with E-state index < -0.39 is 5.69 Å². The third kappa shape index (κ3) is 3.91. The molecule has 1 saturated heterocycles. The zero-order valence-electron chi connectivity index (χ0n) is 19.0. The van der Waals surface area contributed by atoms with Crippen LogP contribution in [0.1, 0.15) is 4.88 Å². The lowest BCUT2D eigenvalue weighted by Crippen LogP contribution is -2.50. The molecule has 0 N–H and O–H groups in total. The zero-order valence-corrected chi connectivity index (χ0v) is 20.7. The lowest BCUT2D eigenvalue weighted by atomic mass is 10.2. The Bertz CT molecular complexity index is 1680. The van der Waals surface area contributed by atoms with Crippen molar-refractivity contribution >= 4 is 50.3 Å². The highest BCUT2D eigenvalue weighted by Gasteiger charge is 2.24. The maximum atomic E-state index is 13.3. The molecule has 5 heterocycles. The van der Waals surface area contributed by atoms with Crippen LogP contribution < -0.4 is 16.1 Å². The Labute approximate surface area is 211 Å². The number of carbonyl (C=O) groups excluding carboxylic acids is 1. The van der Waals surface area contributed by atoms with Crippen LogP contribution in [0, 0.1) is 5.82 Å². The molecule has 1 aliphatic rings. The van der Waals surface area contributed by atoms with E-state index in [0.717, 1.165) is 15.2 Å². The van der Waals surface area contributed by atoms with E-state index in [1.54, 1.807) is 28.5 Å². The topological polar surface area (TPSA) is 84.8 Å². The molecule has 5 aromatic rings. The number of hydrogen-bond donors (Lipinski definition) is 0. The smallest absolute Gasteiger partial charge is 0.352 e. The molecule has 9 nitrogen and oxygen atoms in total. The number of hydrogen-bond acceptors (Lipinski definition) is 7. The van der Waals surface area contributed by atoms with Gasteiger partial charge in [0.05, 0.1) is 12.1 Å². The molecule has 0 radical (unpaired) electrons. The van der Waals surface area contributed by atoms with Crippen LogP contribution in [0.25, 0.3) is 16.0 Å². The summed E-state index contributed by atoms with van der Waals surface area (Å²) < 4.78 is 17.8. The van der Waals surface area contributed by atoms with E-state index in [1.807, 2.05) is 17.5 Å². The van der Waals surface area contributed by atoms with Crippen LogP contribution in [0.4, 0.5) is 10.1 Å². The second-order valence-electron chi connectivity index (χ2n) is 8.53. The molecule has 0 spiro atoms. The summed E-state index contributed by atoms with van der Waals surface area (Å²) in [7, 11) is 0. The van der Waals surface area contributed by atoms with Crippen LogP contribution in [0.2, 0.25) is 0 Å². The van der Waals surface area contributed by atoms with Crippen LogP contribution in [-0.2, 0) is 17.9 Å². The molecule has 4 aromatic heterocycles. The molecular weight excluding hydrogens is 503 g/mol. The summed E-state index contributed by atoms with van der Waals surface area (Å²) in [6.45, 7) is 2.26. The highest BCUT2D eigenvalue weighted by atomic mass is 32.1. The number of rotatable bonds is 5. The van der Waals surface area contributed by atoms with Gasteiger partial charge in [0.2, 0.25) is 11.7 Å². The molecule has 1 fully saturated rings. The van der Waals surface area contributed by atoms with Gasteiger partial charge in [-0.25, -0.2) is 18.3 Å². The number of amides is 1. The van der Waals surface area contributed by atoms with E-state index in [9.17, 15) is 18.8 Å². The minimum absolute atomic E-state index is 0.207. The predicted octanol–water partition coefficient (Wildman–Crippen LogP) is 2.47. The van der Waals surface area contributed by atoms with Crippen LogP contribution >= 0.6 is 22.7 Å². The minimum Gasteiger partial charge on any atom is -0.368 e. The molecule has 0 aliphatic carbocycles. The van der Waals surface area contributed by atoms with Crippen molar-refractivity contribution < 1.29 is 9.18 Å². The van der Waals surface area contributed by atoms with E-state index in [-0.39, 0.29) is 29.6 Å². The highest BCUT2D eigenvalue weighted by Crippen LogP contribution is 2.20. The summed E-state index contributed by atoms with van der Waals surface area (Å²) in [5.74, 6) is -0.280. The Balaban J connectivity index is 1.27. The fraction of sp³-hybridized carbons (Fsp3) is 0.250. The van der Waals surface area contributed by atoms with Crippen molar-refractivity contribution in [1.82, 2.24) is 23.6 Å². The van der Waals surface area contributed by atoms with Gasteiger partial charge in [0.1, 0.15) is 17.1 Å². The monoisotopic (exact) mass is 524 g/mol. The molecule has 1 aromatic carbocycles. The van der Waals surface area contributed by atoms with E-state index in [0.29, 0.717) is 42.9 Å². The Morgan fingerprint density at radius 3 is 2.47 bits per heavy atom. The van der Waals surface area contributed by atoms with Crippen LogP contribution in [0.3, 0.4) is 0 Å². The number of carbonyl (C=O) groups is 1. The number of benzene rings is 1. The maximum absolute atomic E-state index is 13.3. The third-order valence-electron chi connectivity index (χ3n) is 6.39. The van der Waals surface area contributed by atoms with Crippen LogP contribution in [0.15, 0.2) is 62.8 Å². The zero-order chi connectivity index (χ0) is 24.8. The first-order valence-electron chi connectivity index (χ1n) is 11.4. The van der Waals surface area contributed by atoms with Gasteiger partial charge in [0, 0.05) is 36.7 Å². The Morgan fingerprint density at radius 1 is 0.972 bits per heavy atom. The molecule has 0 bridgehead atoms. The summed E-state index contributed by atoms with van der Waals surface area (Å²) in [6.07, 6.45) is 0. The molecule has 0 unspecified atom stereocenters. The van der Waals surface area contributed by atoms with E-state index in [4.69, 9.17) is 0 Å². The first-order valence-corrected chi connectivity index (χ1v) is 13.2. The summed E-state index contributed by atoms with van der Waals surface area (Å²) in [6, 6.07) is 11.9. The lowest BCUT2D eigenvalue weighted by molar-refractivity contribution is -0.132. The van der Waals surface area contributed by atoms with Crippen molar-refractivity contribution in [3.63, 3.8) is 0 Å². The van der Waals surface area contributed by atoms with E-state index in [2.05, 4.69) is 10.00 Å². The van der Waals surface area contributed by atoms with E-state index in [1.165, 1.54) is 43.8 Å². The Kier molecular flexibility index (Phi) is 5.69. The average Bonchev–Trinajstić information content (AvgIpc) is 3.64. The van der Waals surface area contributed by atoms with Gasteiger partial charge in [-0.1, -0.05) is 6.07 Å². The van der Waals surface area contributed by atoms with Crippen molar-refractivity contribution in [3.05, 3.63) is 84.8 Å². The van der Waals surface area contributed by atoms with Crippen LogP contribution in [-0.4, -0.2) is 55.7 Å². The Hall–Kier alpha value is -3.77. The second kappa shape index (κ2) is 9.03. The SMILES string of the molecule is O=C(Cn1nc2n(Cc3cccs3)c(=O)c3sccc3n2c1=O)N1CCN(c2ccc(F)cc2)CC1. The first-order chi connectivity index (χ1) is 17.5. The molecule has 0 atom stereocenters. The fourth-order valence-electron chi connectivity index (χ4n) is 4.53. The first kappa shape index (κ1) is 22.7. The van der Waals surface area contributed by atoms with Gasteiger partial charge < -0.3 is 9.80 Å². The van der Waals surface area contributed by atoms with Gasteiger partial charge in [0.25, 0.3) is 5.56 Å². The Morgan fingerprint density at radius 2 is 1.75 bits per heavy atom. The number of thiophene rings is 2. The van der Waals surface area contributed by atoms with Gasteiger partial charge in [-0.3, -0.25) is 14.2 Å². The number of halogens is 1. The predicted molar refractivity (Wildman–Crippen MR) is 138 cm³/mol. The average molecular weight is 525 g/mol. The normalized spacial score (nSPS) is 14.2. The summed E-state index contributed by atoms with van der Waals surface area (Å²) in [5, 5.41) is 8.14. The minimum atomic E-state index is -0.452. The van der Waals surface area contributed by atoms with Crippen molar-refractivity contribution in [3.8, 4) is 0 Å². The summed E-state index contributed by atoms with van der Waals surface area (Å²) >= 11 is 2.80. The molecule has 36 heavy (non-hydrogen) atoms. The number of piperazine rings is 1. The van der Waals surface area contributed by atoms with Crippen LogP contribution in [0.5, 0.6) is 0 Å². The molecule has 0 saturated carbocycles. The van der Waals surface area contributed by atoms with Gasteiger partial charge in [0.15, 0.2) is 0 Å². The fourth-order valence-corrected chi connectivity index (χ4v) is 6.05. The van der Waals surface area contributed by atoms with Gasteiger partial charge in [-0.2, -0.15) is 0 Å². The van der Waals surface area contributed by atoms with Crippen molar-refractivity contribution in [1.29, 1.82) is 0 Å². The second-order valence-corrected chi connectivity index (χ2v) is 10.5. The third-order valence-corrected chi connectivity index (χ3v) is 8.14. The largest absolute Gasteiger partial charge is 0.368 e. The van der Waals surface area contributed by atoms with Gasteiger partial charge >= 0.3 is 5.69 Å². The molecule has 12 heteroatoms. The van der Waals surface area contributed by atoms with Crippen molar-refractivity contribution in [2.75, 3.05) is 31.1 Å². The number of aromatic nitrogens is 4. The number of anilines is 1. The van der Waals surface area contributed by atoms with Gasteiger partial charge in [-0.15, -0.1) is 27.8 Å². The molecule has 1 amide bonds. The molecular formula is C24H21FN6O3S2. The molecule has 1 aliphatic heterocycles. The standard InChI is InChI=1S/C24H21FN6O3S2/c25-16-3-5-17(6-4-16)27-8-10-28(11-9-27)20(32)15-30-24(34)31-19-7-13-36-21(19)22(33)29(23(31)26-30)14-18-2-1-12-35-18/h1-7,12-13H,8-11,14-15H2. The van der Waals surface area contributed by atoms with E-state index >= 15 is 0 Å². The number of fused-ring (bicyclic) bond motifs is 3. The lowest BCUT2D eigenvalue weighted by Gasteiger charge is -2.36. The summed E-state index contributed by atoms with van der Waals surface area (Å²) in [4.78, 5) is 44.4. The van der Waals surface area contributed by atoms with Crippen molar-refractivity contribution in [2.24, 2.45) is 0 Å². The highest BCUT2D eigenvalue weighted by molar-refractivity contribution is 7.17. The maximum Gasteiger partial charge on any atom is 0.352 e. The van der Waals surface area contributed by atoms with Crippen molar-refractivity contribution in [2.45, 2.75) is 13.1 Å². The van der Waals surface area contributed by atoms with Gasteiger partial charge in [-0.05, 0) is 47.2 Å². The number of nitrogens with zero attached hydrogens (tertiary/aromatic N) is 6. The summed E-state index contributed by atoms with van der Waals surface area (Å²) in [5.41, 5.74) is 0.746.